The summed E-state index contributed by atoms with van der Waals surface area (Å²) < 4.78 is 5.44. The predicted octanol–water partition coefficient (Wildman–Crippen LogP) is 3.50. The minimum atomic E-state index is -0.891. The molecule has 2 aromatic rings. The lowest BCUT2D eigenvalue weighted by molar-refractivity contribution is -0.159. The average Bonchev–Trinajstić information content (AvgIpc) is 2.94. The molecule has 6 heteroatoms. The predicted molar refractivity (Wildman–Crippen MR) is 107 cm³/mol. The van der Waals surface area contributed by atoms with Gasteiger partial charge in [0.05, 0.1) is 23.5 Å². The Morgan fingerprint density at radius 2 is 1.89 bits per heavy atom. The molecule has 2 saturated heterocycles. The first-order valence-corrected chi connectivity index (χ1v) is 10.1. The van der Waals surface area contributed by atoms with Crippen molar-refractivity contribution < 1.29 is 14.6 Å². The number of β-lactam (4-membered cyclic amide) rings is 1. The number of nitrogens with zero attached hydrogens (tertiary/aromatic N) is 2. The van der Waals surface area contributed by atoms with E-state index in [9.17, 15) is 15.2 Å². The summed E-state index contributed by atoms with van der Waals surface area (Å²) in [5.74, 6) is 0.0486. The van der Waals surface area contributed by atoms with Gasteiger partial charge in [-0.2, -0.15) is 5.26 Å². The first-order valence-electron chi connectivity index (χ1n) is 9.27. The number of aliphatic hydroxyl groups excluding tert-OH is 1. The van der Waals surface area contributed by atoms with Gasteiger partial charge in [-0.15, -0.1) is 11.8 Å². The van der Waals surface area contributed by atoms with Crippen LogP contribution >= 0.6 is 11.8 Å². The lowest BCUT2D eigenvalue weighted by Crippen LogP contribution is -2.61. The van der Waals surface area contributed by atoms with Gasteiger partial charge in [0.15, 0.2) is 0 Å². The smallest absolute Gasteiger partial charge is 0.233 e. The Morgan fingerprint density at radius 1 is 1.21 bits per heavy atom. The van der Waals surface area contributed by atoms with E-state index < -0.39 is 18.1 Å². The summed E-state index contributed by atoms with van der Waals surface area (Å²) in [5.41, 5.74) is 1.77. The highest BCUT2D eigenvalue weighted by atomic mass is 32.2. The van der Waals surface area contributed by atoms with Gasteiger partial charge in [-0.25, -0.2) is 0 Å². The van der Waals surface area contributed by atoms with E-state index in [0.717, 1.165) is 5.56 Å². The first-order chi connectivity index (χ1) is 13.4. The average molecular weight is 394 g/mol. The van der Waals surface area contributed by atoms with Crippen LogP contribution in [0.4, 0.5) is 0 Å². The molecule has 2 heterocycles. The van der Waals surface area contributed by atoms with E-state index in [4.69, 9.17) is 4.74 Å². The van der Waals surface area contributed by atoms with Gasteiger partial charge in [0.25, 0.3) is 0 Å². The maximum absolute atomic E-state index is 12.6. The van der Waals surface area contributed by atoms with Crippen LogP contribution in [0.5, 0.6) is 5.75 Å². The zero-order valence-electron chi connectivity index (χ0n) is 15.8. The van der Waals surface area contributed by atoms with Crippen LogP contribution in [-0.2, 0) is 11.4 Å². The molecule has 144 valence electrons. The van der Waals surface area contributed by atoms with E-state index in [-0.39, 0.29) is 16.0 Å². The number of carbonyl (C=O) groups is 1. The van der Waals surface area contributed by atoms with Crippen molar-refractivity contribution in [1.82, 2.24) is 4.90 Å². The van der Waals surface area contributed by atoms with Crippen LogP contribution in [0.15, 0.2) is 54.6 Å². The highest BCUT2D eigenvalue weighted by Crippen LogP contribution is 2.55. The lowest BCUT2D eigenvalue weighted by Gasteiger charge is -2.45. The van der Waals surface area contributed by atoms with Gasteiger partial charge < -0.3 is 14.7 Å². The zero-order chi connectivity index (χ0) is 19.9. The van der Waals surface area contributed by atoms with Gasteiger partial charge in [0.2, 0.25) is 5.91 Å². The molecule has 4 atom stereocenters. The van der Waals surface area contributed by atoms with Gasteiger partial charge >= 0.3 is 0 Å². The van der Waals surface area contributed by atoms with Crippen molar-refractivity contribution in [3.8, 4) is 11.8 Å². The topological polar surface area (TPSA) is 73.6 Å². The summed E-state index contributed by atoms with van der Waals surface area (Å²) in [6.07, 6.45) is -0.891. The molecule has 2 fully saturated rings. The standard InChI is InChI=1S/C22H22N2O3S/c1-22(2)17(12-23)24-20(26)18(21(24)28-22)19(25)15-8-10-16(11-9-15)27-13-14-6-4-3-5-7-14/h3-11,17-19,21,25H,13H2,1-2H3/t17-,18+,19?,21+/m0/s1. The van der Waals surface area contributed by atoms with Gasteiger partial charge in [0.1, 0.15) is 18.4 Å². The second kappa shape index (κ2) is 7.16. The van der Waals surface area contributed by atoms with Crippen LogP contribution in [0, 0.1) is 17.2 Å². The maximum Gasteiger partial charge on any atom is 0.233 e. The Labute approximate surface area is 168 Å². The van der Waals surface area contributed by atoms with Crippen molar-refractivity contribution in [3.63, 3.8) is 0 Å². The molecule has 2 aliphatic heterocycles. The van der Waals surface area contributed by atoms with E-state index in [1.54, 1.807) is 28.8 Å². The summed E-state index contributed by atoms with van der Waals surface area (Å²) in [6, 6.07) is 18.9. The third-order valence-corrected chi connectivity index (χ3v) is 7.01. The number of carbonyl (C=O) groups excluding carboxylic acids is 1. The molecule has 0 aliphatic carbocycles. The van der Waals surface area contributed by atoms with Gasteiger partial charge in [0, 0.05) is 4.75 Å². The summed E-state index contributed by atoms with van der Waals surface area (Å²) in [7, 11) is 0. The summed E-state index contributed by atoms with van der Waals surface area (Å²) in [6.45, 7) is 4.42. The number of rotatable bonds is 5. The lowest BCUT2D eigenvalue weighted by atomic mass is 9.85. The number of hydrogen-bond donors (Lipinski definition) is 1. The van der Waals surface area contributed by atoms with Crippen LogP contribution in [-0.4, -0.2) is 32.1 Å². The molecule has 4 rings (SSSR count). The van der Waals surface area contributed by atoms with Crippen LogP contribution in [0.1, 0.15) is 31.1 Å². The monoisotopic (exact) mass is 394 g/mol. The summed E-state index contributed by atoms with van der Waals surface area (Å²) >= 11 is 1.59. The van der Waals surface area contributed by atoms with E-state index in [2.05, 4.69) is 6.07 Å². The van der Waals surface area contributed by atoms with E-state index in [0.29, 0.717) is 17.9 Å². The molecule has 2 aliphatic rings. The fourth-order valence-corrected chi connectivity index (χ4v) is 5.51. The van der Waals surface area contributed by atoms with Crippen molar-refractivity contribution in [3.05, 3.63) is 65.7 Å². The Balaban J connectivity index is 1.42. The maximum atomic E-state index is 12.6. The summed E-state index contributed by atoms with van der Waals surface area (Å²) in [5, 5.41) is 20.1. The Hall–Kier alpha value is -2.49. The largest absolute Gasteiger partial charge is 0.489 e. The molecule has 0 spiro atoms. The Morgan fingerprint density at radius 3 is 2.54 bits per heavy atom. The van der Waals surface area contributed by atoms with Gasteiger partial charge in [-0.1, -0.05) is 42.5 Å². The number of benzene rings is 2. The fourth-order valence-electron chi connectivity index (χ4n) is 3.84. The van der Waals surface area contributed by atoms with E-state index >= 15 is 0 Å². The Kier molecular flexibility index (Phi) is 4.82. The first kappa shape index (κ1) is 18.9. The molecule has 2 aromatic carbocycles. The highest BCUT2D eigenvalue weighted by molar-refractivity contribution is 8.01. The van der Waals surface area contributed by atoms with E-state index in [1.807, 2.05) is 56.3 Å². The number of thioether (sulfide) groups is 1. The second-order valence-electron chi connectivity index (χ2n) is 7.70. The zero-order valence-corrected chi connectivity index (χ0v) is 16.6. The molecule has 0 radical (unpaired) electrons. The van der Waals surface area contributed by atoms with Crippen LogP contribution in [0.25, 0.3) is 0 Å². The molecule has 5 nitrogen and oxygen atoms in total. The molecule has 0 bridgehead atoms. The fraction of sp³-hybridized carbons (Fsp3) is 0.364. The third kappa shape index (κ3) is 3.15. The van der Waals surface area contributed by atoms with Gasteiger partial charge in [-0.05, 0) is 37.1 Å². The minimum absolute atomic E-state index is 0.147. The molecule has 0 aromatic heterocycles. The number of amides is 1. The SMILES string of the molecule is CC1(C)S[C@@H]2[C@H](C(O)c3ccc(OCc4ccccc4)cc3)C(=O)N2[C@H]1C#N. The van der Waals surface area contributed by atoms with Crippen molar-refractivity contribution in [2.75, 3.05) is 0 Å². The number of fused-ring (bicyclic) bond motifs is 1. The second-order valence-corrected chi connectivity index (χ2v) is 9.47. The molecule has 28 heavy (non-hydrogen) atoms. The highest BCUT2D eigenvalue weighted by Gasteiger charge is 2.63. The van der Waals surface area contributed by atoms with Gasteiger partial charge in [-0.3, -0.25) is 4.79 Å². The molecular weight excluding hydrogens is 372 g/mol. The van der Waals surface area contributed by atoms with Crippen molar-refractivity contribution >= 4 is 17.7 Å². The van der Waals surface area contributed by atoms with Crippen molar-refractivity contribution in [1.29, 1.82) is 5.26 Å². The summed E-state index contributed by atoms with van der Waals surface area (Å²) in [4.78, 5) is 14.2. The Bertz CT molecular complexity index is 908. The minimum Gasteiger partial charge on any atom is -0.489 e. The number of aliphatic hydroxyl groups is 1. The molecule has 1 unspecified atom stereocenters. The number of ether oxygens (including phenoxy) is 1. The normalized spacial score (nSPS) is 26.1. The van der Waals surface area contributed by atoms with Crippen LogP contribution in [0.3, 0.4) is 0 Å². The molecule has 1 amide bonds. The van der Waals surface area contributed by atoms with E-state index in [1.165, 1.54) is 0 Å². The molecular formula is C22H22N2O3S. The van der Waals surface area contributed by atoms with Crippen LogP contribution in [0.2, 0.25) is 0 Å². The molecule has 0 saturated carbocycles. The third-order valence-electron chi connectivity index (χ3n) is 5.41. The van der Waals surface area contributed by atoms with Crippen molar-refractivity contribution in [2.45, 2.75) is 42.7 Å². The quantitative estimate of drug-likeness (QED) is 0.786. The number of hydrogen-bond acceptors (Lipinski definition) is 5. The molecule has 1 N–H and O–H groups in total. The van der Waals surface area contributed by atoms with Crippen LogP contribution < -0.4 is 4.74 Å². The number of nitriles is 1. The van der Waals surface area contributed by atoms with Crippen molar-refractivity contribution in [2.24, 2.45) is 5.92 Å².